The molecule has 0 N–H and O–H groups in total. The van der Waals surface area contributed by atoms with E-state index in [2.05, 4.69) is 14.9 Å². The zero-order valence-corrected chi connectivity index (χ0v) is 9.48. The van der Waals surface area contributed by atoms with Gasteiger partial charge in [-0.3, -0.25) is 0 Å². The first-order valence-electron chi connectivity index (χ1n) is 5.52. The van der Waals surface area contributed by atoms with Crippen LogP contribution < -0.4 is 0 Å². The average molecular weight is 240 g/mol. The van der Waals surface area contributed by atoms with Crippen molar-refractivity contribution < 1.29 is 18.4 Å². The number of halogens is 1. The van der Waals surface area contributed by atoms with Gasteiger partial charge >= 0.3 is 5.97 Å². The highest BCUT2D eigenvalue weighted by atomic mass is 19.1. The van der Waals surface area contributed by atoms with Crippen molar-refractivity contribution in [2.24, 2.45) is 0 Å². The van der Waals surface area contributed by atoms with E-state index in [0.717, 1.165) is 6.42 Å². The number of hydrogen-bond donors (Lipinski definition) is 0. The Bertz CT molecular complexity index is 438. The predicted octanol–water partition coefficient (Wildman–Crippen LogP) is 1.99. The summed E-state index contributed by atoms with van der Waals surface area (Å²) in [5, 5.41) is 3.57. The second-order valence-corrected chi connectivity index (χ2v) is 3.86. The molecule has 0 aromatic carbocycles. The Morgan fingerprint density at radius 2 is 2.41 bits per heavy atom. The number of hydrogen-bond acceptors (Lipinski definition) is 5. The molecule has 1 aromatic rings. The van der Waals surface area contributed by atoms with Gasteiger partial charge in [0.2, 0.25) is 5.82 Å². The summed E-state index contributed by atoms with van der Waals surface area (Å²) in [6.45, 7) is 2.01. The van der Waals surface area contributed by atoms with Crippen molar-refractivity contribution in [3.63, 3.8) is 0 Å². The molecule has 1 heterocycles. The summed E-state index contributed by atoms with van der Waals surface area (Å²) in [5.74, 6) is -0.324. The van der Waals surface area contributed by atoms with Crippen LogP contribution in [0.15, 0.2) is 10.6 Å². The van der Waals surface area contributed by atoms with Gasteiger partial charge in [-0.05, 0) is 26.2 Å². The molecule has 0 bridgehead atoms. The van der Waals surface area contributed by atoms with Crippen LogP contribution in [0.3, 0.4) is 0 Å². The second kappa shape index (κ2) is 4.65. The van der Waals surface area contributed by atoms with Gasteiger partial charge in [0.25, 0.3) is 5.89 Å². The molecule has 17 heavy (non-hydrogen) atoms. The Morgan fingerprint density at radius 3 is 3.00 bits per heavy atom. The second-order valence-electron chi connectivity index (χ2n) is 3.86. The van der Waals surface area contributed by atoms with Crippen LogP contribution in [0.2, 0.25) is 0 Å². The Morgan fingerprint density at radius 1 is 1.65 bits per heavy atom. The minimum absolute atomic E-state index is 0.0623. The minimum Gasteiger partial charge on any atom is -0.463 e. The fraction of sp³-hybridized carbons (Fsp3) is 0.545. The molecular formula is C11H13FN2O3. The summed E-state index contributed by atoms with van der Waals surface area (Å²) in [6, 6.07) is 0. The van der Waals surface area contributed by atoms with Crippen molar-refractivity contribution in [3.05, 3.63) is 17.8 Å². The third-order valence-electron chi connectivity index (χ3n) is 2.64. The first-order chi connectivity index (χ1) is 8.14. The van der Waals surface area contributed by atoms with E-state index in [1.54, 1.807) is 6.92 Å². The lowest BCUT2D eigenvalue weighted by atomic mass is 9.81. The molecule has 1 aliphatic carbocycles. The molecule has 1 saturated carbocycles. The number of esters is 1. The van der Waals surface area contributed by atoms with Crippen LogP contribution in [0.5, 0.6) is 0 Å². The molecule has 0 aliphatic heterocycles. The topological polar surface area (TPSA) is 65.2 Å². The van der Waals surface area contributed by atoms with E-state index in [1.165, 1.54) is 12.2 Å². The molecule has 0 atom stereocenters. The van der Waals surface area contributed by atoms with Gasteiger partial charge in [-0.15, -0.1) is 0 Å². The smallest absolute Gasteiger partial charge is 0.330 e. The number of carbonyl (C=O) groups is 1. The van der Waals surface area contributed by atoms with Crippen molar-refractivity contribution >= 4 is 12.0 Å². The summed E-state index contributed by atoms with van der Waals surface area (Å²) in [4.78, 5) is 14.9. The summed E-state index contributed by atoms with van der Waals surface area (Å²) < 4.78 is 23.4. The van der Waals surface area contributed by atoms with Crippen LogP contribution in [0.1, 0.15) is 37.9 Å². The van der Waals surface area contributed by atoms with E-state index in [4.69, 9.17) is 4.52 Å². The Labute approximate surface area is 97.6 Å². The van der Waals surface area contributed by atoms with Crippen molar-refractivity contribution in [1.29, 1.82) is 0 Å². The van der Waals surface area contributed by atoms with Crippen LogP contribution >= 0.6 is 0 Å². The Hall–Kier alpha value is -1.72. The fourth-order valence-electron chi connectivity index (χ4n) is 1.53. The molecule has 0 amide bonds. The number of carbonyl (C=O) groups excluding carboxylic acids is 1. The van der Waals surface area contributed by atoms with Crippen LogP contribution in [0.25, 0.3) is 6.08 Å². The highest BCUT2D eigenvalue weighted by Crippen LogP contribution is 2.43. The van der Waals surface area contributed by atoms with Crippen LogP contribution in [-0.2, 0) is 15.2 Å². The van der Waals surface area contributed by atoms with E-state index in [-0.39, 0.29) is 11.7 Å². The quantitative estimate of drug-likeness (QED) is 0.594. The van der Waals surface area contributed by atoms with E-state index < -0.39 is 11.6 Å². The number of rotatable bonds is 4. The zero-order valence-electron chi connectivity index (χ0n) is 9.48. The van der Waals surface area contributed by atoms with Crippen molar-refractivity contribution in [2.45, 2.75) is 31.9 Å². The molecule has 6 heteroatoms. The van der Waals surface area contributed by atoms with E-state index in [1.807, 2.05) is 0 Å². The molecule has 5 nitrogen and oxygen atoms in total. The van der Waals surface area contributed by atoms with Gasteiger partial charge in [0, 0.05) is 12.2 Å². The van der Waals surface area contributed by atoms with Crippen molar-refractivity contribution in [1.82, 2.24) is 10.1 Å². The van der Waals surface area contributed by atoms with Gasteiger partial charge in [0.05, 0.1) is 6.61 Å². The molecule has 0 radical (unpaired) electrons. The van der Waals surface area contributed by atoms with E-state index >= 15 is 0 Å². The lowest BCUT2D eigenvalue weighted by Gasteiger charge is -2.29. The molecular weight excluding hydrogens is 227 g/mol. The molecule has 0 unspecified atom stereocenters. The largest absolute Gasteiger partial charge is 0.463 e. The maximum atomic E-state index is 13.9. The number of nitrogens with zero attached hydrogens (tertiary/aromatic N) is 2. The molecule has 2 rings (SSSR count). The SMILES string of the molecule is CCOC(=O)/C=C/c1nc(C2(F)CCC2)no1. The van der Waals surface area contributed by atoms with E-state index in [9.17, 15) is 9.18 Å². The van der Waals surface area contributed by atoms with Gasteiger partial charge < -0.3 is 9.26 Å². The highest BCUT2D eigenvalue weighted by molar-refractivity contribution is 5.86. The van der Waals surface area contributed by atoms with Gasteiger partial charge in [0.1, 0.15) is 0 Å². The predicted molar refractivity (Wildman–Crippen MR) is 56.6 cm³/mol. The normalized spacial score (nSPS) is 18.0. The summed E-state index contributed by atoms with van der Waals surface area (Å²) in [7, 11) is 0. The third kappa shape index (κ3) is 2.51. The molecule has 1 aliphatic rings. The van der Waals surface area contributed by atoms with Gasteiger partial charge in [-0.2, -0.15) is 4.98 Å². The first-order valence-corrected chi connectivity index (χ1v) is 5.52. The lowest BCUT2D eigenvalue weighted by molar-refractivity contribution is -0.137. The summed E-state index contributed by atoms with van der Waals surface area (Å²) >= 11 is 0. The van der Waals surface area contributed by atoms with Crippen molar-refractivity contribution in [3.8, 4) is 0 Å². The molecule has 1 fully saturated rings. The van der Waals surface area contributed by atoms with Gasteiger partial charge in [-0.25, -0.2) is 9.18 Å². The number of ether oxygens (including phenoxy) is 1. The highest BCUT2D eigenvalue weighted by Gasteiger charge is 2.43. The minimum atomic E-state index is -1.44. The number of alkyl halides is 1. The van der Waals surface area contributed by atoms with Crippen molar-refractivity contribution in [2.75, 3.05) is 6.61 Å². The maximum Gasteiger partial charge on any atom is 0.330 e. The molecule has 1 aromatic heterocycles. The van der Waals surface area contributed by atoms with Gasteiger partial charge in [0.15, 0.2) is 5.67 Å². The summed E-state index contributed by atoms with van der Waals surface area (Å²) in [6.07, 6.45) is 4.17. The van der Waals surface area contributed by atoms with Crippen LogP contribution in [0, 0.1) is 0 Å². The van der Waals surface area contributed by atoms with E-state index in [0.29, 0.717) is 19.4 Å². The van der Waals surface area contributed by atoms with Crippen LogP contribution in [-0.4, -0.2) is 22.7 Å². The Kier molecular flexibility index (Phi) is 3.21. The fourth-order valence-corrected chi connectivity index (χ4v) is 1.53. The molecule has 0 saturated heterocycles. The number of aromatic nitrogens is 2. The first kappa shape index (κ1) is 11.8. The zero-order chi connectivity index (χ0) is 12.3. The lowest BCUT2D eigenvalue weighted by Crippen LogP contribution is -2.30. The molecule has 0 spiro atoms. The maximum absolute atomic E-state index is 13.9. The average Bonchev–Trinajstić information content (AvgIpc) is 2.72. The monoisotopic (exact) mass is 240 g/mol. The Balaban J connectivity index is 2.01. The summed E-state index contributed by atoms with van der Waals surface area (Å²) in [5.41, 5.74) is -1.44. The van der Waals surface area contributed by atoms with Gasteiger partial charge in [-0.1, -0.05) is 5.16 Å². The third-order valence-corrected chi connectivity index (χ3v) is 2.64. The standard InChI is InChI=1S/C11H13FN2O3/c1-2-16-9(15)5-4-8-13-10(14-17-8)11(12)6-3-7-11/h4-5H,2-3,6-7H2,1H3/b5-4+. The van der Waals surface area contributed by atoms with Crippen LogP contribution in [0.4, 0.5) is 4.39 Å². The molecule has 92 valence electrons.